The molecule has 1 aromatic carbocycles. The van der Waals surface area contributed by atoms with Crippen LogP contribution in [-0.2, 0) is 16.0 Å². The first kappa shape index (κ1) is 14.5. The molecule has 0 saturated carbocycles. The fraction of sp³-hybridized carbons (Fsp3) is 0.0667. The lowest BCUT2D eigenvalue weighted by molar-refractivity contribution is -0.146. The summed E-state index contributed by atoms with van der Waals surface area (Å²) in [7, 11) is 0. The lowest BCUT2D eigenvalue weighted by atomic mass is 10.1. The number of carboxylic acids is 1. The minimum absolute atomic E-state index is 0.0637. The van der Waals surface area contributed by atoms with Crippen molar-refractivity contribution in [3.63, 3.8) is 0 Å². The summed E-state index contributed by atoms with van der Waals surface area (Å²) >= 11 is 0. The van der Waals surface area contributed by atoms with E-state index < -0.39 is 23.3 Å². The summed E-state index contributed by atoms with van der Waals surface area (Å²) in [5.74, 6) is -3.68. The van der Waals surface area contributed by atoms with Gasteiger partial charge < -0.3 is 14.6 Å². The van der Waals surface area contributed by atoms with E-state index in [2.05, 4.69) is 0 Å². The lowest BCUT2D eigenvalue weighted by Gasteiger charge is -2.03. The topological polar surface area (TPSA) is 87.7 Å². The fourth-order valence-corrected chi connectivity index (χ4v) is 1.78. The molecule has 2 aromatic rings. The smallest absolute Gasteiger partial charge is 0.376 e. The molecule has 0 aliphatic carbocycles. The van der Waals surface area contributed by atoms with Gasteiger partial charge in [-0.1, -0.05) is 18.2 Å². The van der Waals surface area contributed by atoms with Crippen LogP contribution in [-0.4, -0.2) is 22.0 Å². The van der Waals surface area contributed by atoms with Crippen LogP contribution in [0.5, 0.6) is 0 Å². The third kappa shape index (κ3) is 3.36. The molecule has 0 unspecified atom stereocenters. The lowest BCUT2D eigenvalue weighted by Crippen LogP contribution is -2.09. The number of benzene rings is 1. The van der Waals surface area contributed by atoms with Crippen LogP contribution in [0.2, 0.25) is 0 Å². The molecule has 108 valence electrons. The molecule has 0 amide bonds. The number of carbonyl (C=O) groups excluding carboxylic acids is 1. The van der Waals surface area contributed by atoms with E-state index in [0.29, 0.717) is 11.6 Å². The summed E-state index contributed by atoms with van der Waals surface area (Å²) in [5.41, 5.74) is 0.499. The molecule has 0 aliphatic rings. The maximum absolute atomic E-state index is 13.6. The van der Waals surface area contributed by atoms with Crippen LogP contribution in [0.3, 0.4) is 0 Å². The van der Waals surface area contributed by atoms with Crippen molar-refractivity contribution in [2.75, 3.05) is 0 Å². The second kappa shape index (κ2) is 6.04. The molecule has 2 rings (SSSR count). The Hall–Kier alpha value is -2.89. The van der Waals surface area contributed by atoms with Crippen LogP contribution >= 0.6 is 0 Å². The largest absolute Gasteiger partial charge is 0.507 e. The average molecular weight is 290 g/mol. The van der Waals surface area contributed by atoms with Crippen molar-refractivity contribution in [3.8, 4) is 0 Å². The summed E-state index contributed by atoms with van der Waals surface area (Å²) in [6, 6.07) is 7.43. The van der Waals surface area contributed by atoms with E-state index in [1.54, 1.807) is 18.2 Å². The van der Waals surface area contributed by atoms with Crippen LogP contribution in [0, 0.1) is 5.82 Å². The SMILES string of the molecule is O=C(O)C(=O)C=C(O)c1ccoc1Cc1ccccc1F. The number of carboxylic acid groups (broad SMARTS) is 1. The van der Waals surface area contributed by atoms with Crippen molar-refractivity contribution in [3.05, 3.63) is 65.4 Å². The van der Waals surface area contributed by atoms with Crippen LogP contribution in [0.1, 0.15) is 16.9 Å². The summed E-state index contributed by atoms with van der Waals surface area (Å²) in [6.07, 6.45) is 1.91. The van der Waals surface area contributed by atoms with E-state index >= 15 is 0 Å². The summed E-state index contributed by atoms with van der Waals surface area (Å²) in [6.45, 7) is 0. The number of aliphatic carboxylic acids is 1. The van der Waals surface area contributed by atoms with Crippen LogP contribution in [0.4, 0.5) is 4.39 Å². The quantitative estimate of drug-likeness (QED) is 0.502. The highest BCUT2D eigenvalue weighted by Crippen LogP contribution is 2.22. The third-order valence-corrected chi connectivity index (χ3v) is 2.81. The van der Waals surface area contributed by atoms with E-state index in [-0.39, 0.29) is 17.7 Å². The molecule has 0 aliphatic heterocycles. The van der Waals surface area contributed by atoms with Crippen molar-refractivity contribution in [2.45, 2.75) is 6.42 Å². The van der Waals surface area contributed by atoms with Crippen molar-refractivity contribution < 1.29 is 28.6 Å². The predicted octanol–water partition coefficient (Wildman–Crippen LogP) is 2.56. The Morgan fingerprint density at radius 2 is 1.90 bits per heavy atom. The Bertz CT molecular complexity index is 714. The molecule has 0 atom stereocenters. The summed E-state index contributed by atoms with van der Waals surface area (Å²) < 4.78 is 18.7. The predicted molar refractivity (Wildman–Crippen MR) is 71.2 cm³/mol. The van der Waals surface area contributed by atoms with Gasteiger partial charge in [-0.15, -0.1) is 0 Å². The molecule has 0 bridgehead atoms. The minimum atomic E-state index is -1.68. The van der Waals surface area contributed by atoms with Gasteiger partial charge in [0, 0.05) is 12.5 Å². The Morgan fingerprint density at radius 3 is 2.57 bits per heavy atom. The number of hydrogen-bond acceptors (Lipinski definition) is 4. The van der Waals surface area contributed by atoms with Gasteiger partial charge in [0.15, 0.2) is 0 Å². The van der Waals surface area contributed by atoms with E-state index in [0.717, 1.165) is 0 Å². The number of aliphatic hydroxyl groups excluding tert-OH is 1. The van der Waals surface area contributed by atoms with E-state index in [1.807, 2.05) is 0 Å². The van der Waals surface area contributed by atoms with Crippen molar-refractivity contribution in [1.29, 1.82) is 0 Å². The summed E-state index contributed by atoms with van der Waals surface area (Å²) in [5, 5.41) is 18.3. The van der Waals surface area contributed by atoms with Gasteiger partial charge in [-0.05, 0) is 17.7 Å². The first-order chi connectivity index (χ1) is 9.99. The number of ketones is 1. The molecule has 0 saturated heterocycles. The van der Waals surface area contributed by atoms with Crippen molar-refractivity contribution in [2.24, 2.45) is 0 Å². The van der Waals surface area contributed by atoms with Gasteiger partial charge >= 0.3 is 5.97 Å². The third-order valence-electron chi connectivity index (χ3n) is 2.81. The molecular formula is C15H11FO5. The molecule has 0 spiro atoms. The summed E-state index contributed by atoms with van der Waals surface area (Å²) in [4.78, 5) is 21.5. The molecule has 2 N–H and O–H groups in total. The average Bonchev–Trinajstić information content (AvgIpc) is 2.89. The highest BCUT2D eigenvalue weighted by molar-refractivity contribution is 6.38. The normalized spacial score (nSPS) is 11.4. The second-order valence-corrected chi connectivity index (χ2v) is 4.22. The molecule has 1 aromatic heterocycles. The minimum Gasteiger partial charge on any atom is -0.507 e. The van der Waals surface area contributed by atoms with Gasteiger partial charge in [0.2, 0.25) is 0 Å². The van der Waals surface area contributed by atoms with Gasteiger partial charge in [0.25, 0.3) is 5.78 Å². The first-order valence-electron chi connectivity index (χ1n) is 5.97. The van der Waals surface area contributed by atoms with Gasteiger partial charge in [0.1, 0.15) is 17.3 Å². The van der Waals surface area contributed by atoms with Gasteiger partial charge in [-0.25, -0.2) is 9.18 Å². The highest BCUT2D eigenvalue weighted by atomic mass is 19.1. The van der Waals surface area contributed by atoms with Crippen LogP contribution in [0.15, 0.2) is 47.1 Å². The van der Waals surface area contributed by atoms with Crippen molar-refractivity contribution >= 4 is 17.5 Å². The van der Waals surface area contributed by atoms with E-state index in [1.165, 1.54) is 18.4 Å². The number of hydrogen-bond donors (Lipinski definition) is 2. The Labute approximate surface area is 118 Å². The molecule has 5 nitrogen and oxygen atoms in total. The van der Waals surface area contributed by atoms with Crippen LogP contribution < -0.4 is 0 Å². The number of aliphatic hydroxyl groups is 1. The van der Waals surface area contributed by atoms with Gasteiger partial charge in [-0.3, -0.25) is 4.79 Å². The zero-order valence-corrected chi connectivity index (χ0v) is 10.7. The number of carbonyl (C=O) groups is 2. The maximum Gasteiger partial charge on any atom is 0.376 e. The molecule has 6 heteroatoms. The van der Waals surface area contributed by atoms with Gasteiger partial charge in [-0.2, -0.15) is 0 Å². The molecule has 1 heterocycles. The Balaban J connectivity index is 2.29. The number of rotatable bonds is 5. The zero-order valence-electron chi connectivity index (χ0n) is 10.7. The van der Waals surface area contributed by atoms with Gasteiger partial charge in [0.05, 0.1) is 11.8 Å². The van der Waals surface area contributed by atoms with E-state index in [9.17, 15) is 19.1 Å². The monoisotopic (exact) mass is 290 g/mol. The van der Waals surface area contributed by atoms with Crippen LogP contribution in [0.25, 0.3) is 5.76 Å². The molecule has 0 radical (unpaired) electrons. The number of halogens is 1. The van der Waals surface area contributed by atoms with E-state index in [4.69, 9.17) is 9.52 Å². The second-order valence-electron chi connectivity index (χ2n) is 4.22. The Kier molecular flexibility index (Phi) is 4.18. The fourth-order valence-electron chi connectivity index (χ4n) is 1.78. The molecular weight excluding hydrogens is 279 g/mol. The van der Waals surface area contributed by atoms with Crippen molar-refractivity contribution in [1.82, 2.24) is 0 Å². The maximum atomic E-state index is 13.6. The molecule has 0 fully saturated rings. The standard InChI is InChI=1S/C15H11FO5/c16-11-4-2-1-3-9(11)7-14-10(5-6-21-14)12(17)8-13(18)15(19)20/h1-6,8,17H,7H2,(H,19,20). The first-order valence-corrected chi connectivity index (χ1v) is 5.97. The highest BCUT2D eigenvalue weighted by Gasteiger charge is 2.16. The Morgan fingerprint density at radius 1 is 1.19 bits per heavy atom. The zero-order chi connectivity index (χ0) is 15.4. The number of furan rings is 1. The molecule has 21 heavy (non-hydrogen) atoms.